The summed E-state index contributed by atoms with van der Waals surface area (Å²) in [5.41, 5.74) is 1.42. The molecule has 2 saturated heterocycles. The van der Waals surface area contributed by atoms with Gasteiger partial charge in [0.2, 0.25) is 15.9 Å². The number of rotatable bonds is 7. The van der Waals surface area contributed by atoms with Gasteiger partial charge in [-0.2, -0.15) is 4.31 Å². The summed E-state index contributed by atoms with van der Waals surface area (Å²) in [5, 5.41) is 9.63. The average molecular weight is 588 g/mol. The molecule has 0 unspecified atom stereocenters. The third kappa shape index (κ3) is 6.65. The minimum Gasteiger partial charge on any atom is -0.451 e. The van der Waals surface area contributed by atoms with Crippen molar-refractivity contribution in [3.8, 4) is 11.5 Å². The summed E-state index contributed by atoms with van der Waals surface area (Å²) in [6, 6.07) is 5.32. The number of likely N-dealkylation sites (N-methyl/N-ethyl adjacent to an activating group) is 1. The Kier molecular flexibility index (Phi) is 9.03. The van der Waals surface area contributed by atoms with Gasteiger partial charge in [-0.15, -0.1) is 0 Å². The molecule has 0 saturated carbocycles. The van der Waals surface area contributed by atoms with Gasteiger partial charge in [0.15, 0.2) is 17.4 Å². The third-order valence-electron chi connectivity index (χ3n) is 6.66. The number of hydroxylamine groups is 1. The van der Waals surface area contributed by atoms with Gasteiger partial charge in [-0.1, -0.05) is 11.6 Å². The van der Waals surface area contributed by atoms with Crippen molar-refractivity contribution in [3.05, 3.63) is 53.1 Å². The highest BCUT2D eigenvalue weighted by molar-refractivity contribution is 7.89. The number of benzene rings is 2. The topological polar surface area (TPSA) is 123 Å². The quantitative estimate of drug-likeness (QED) is 0.368. The first kappa shape index (κ1) is 29.1. The summed E-state index contributed by atoms with van der Waals surface area (Å²) in [6.07, 6.45) is 0. The van der Waals surface area contributed by atoms with Gasteiger partial charge in [0.1, 0.15) is 11.8 Å². The predicted molar refractivity (Wildman–Crippen MR) is 136 cm³/mol. The Morgan fingerprint density at radius 1 is 1.05 bits per heavy atom. The molecule has 2 amide bonds. The number of carbonyl (C=O) groups is 2. The van der Waals surface area contributed by atoms with Gasteiger partial charge < -0.3 is 14.5 Å². The molecule has 0 aromatic heterocycles. The number of nitrogens with one attached hydrogen (secondary N) is 1. The van der Waals surface area contributed by atoms with Gasteiger partial charge in [-0.25, -0.2) is 22.7 Å². The van der Waals surface area contributed by atoms with Crippen molar-refractivity contribution in [2.75, 3.05) is 59.4 Å². The monoisotopic (exact) mass is 587 g/mol. The summed E-state index contributed by atoms with van der Waals surface area (Å²) < 4.78 is 62.5. The molecule has 2 fully saturated rings. The van der Waals surface area contributed by atoms with Crippen LogP contribution in [-0.4, -0.2) is 110 Å². The van der Waals surface area contributed by atoms with Crippen LogP contribution >= 0.6 is 11.6 Å². The van der Waals surface area contributed by atoms with E-state index in [4.69, 9.17) is 16.3 Å². The molecule has 2 N–H and O–H groups in total. The summed E-state index contributed by atoms with van der Waals surface area (Å²) in [6.45, 7) is 2.33. The molecule has 2 aromatic rings. The van der Waals surface area contributed by atoms with E-state index < -0.39 is 44.3 Å². The molecule has 15 heteroatoms. The standard InChI is InChI=1S/C24H28ClF2N5O6S/c1-29-6-8-30(9-7-29)15-22(33)31-10-11-32(21(14-31)24(34)28-35)39(36,37)18-12-19(26)23(20(27)13-18)38-17-4-2-16(25)3-5-17/h2-5,12-13,21,35H,6-11,14-15H2,1H3,(H,28,34)/t21-/m1/s1. The van der Waals surface area contributed by atoms with Crippen LogP contribution in [0.5, 0.6) is 11.5 Å². The van der Waals surface area contributed by atoms with Gasteiger partial charge in [0.05, 0.1) is 11.4 Å². The van der Waals surface area contributed by atoms with E-state index in [1.54, 1.807) is 0 Å². The van der Waals surface area contributed by atoms with Gasteiger partial charge in [-0.3, -0.25) is 19.7 Å². The number of sulfonamides is 1. The van der Waals surface area contributed by atoms with E-state index in [0.29, 0.717) is 34.6 Å². The maximum Gasteiger partial charge on any atom is 0.263 e. The highest BCUT2D eigenvalue weighted by Crippen LogP contribution is 2.32. The maximum absolute atomic E-state index is 14.9. The van der Waals surface area contributed by atoms with E-state index in [1.807, 2.05) is 11.9 Å². The molecule has 0 bridgehead atoms. The molecule has 2 aliphatic rings. The number of amides is 2. The Hall–Kier alpha value is -2.88. The van der Waals surface area contributed by atoms with E-state index in [-0.39, 0.29) is 37.8 Å². The van der Waals surface area contributed by atoms with Crippen molar-refractivity contribution in [2.24, 2.45) is 0 Å². The molecule has 0 radical (unpaired) electrons. The molecule has 2 aromatic carbocycles. The van der Waals surface area contributed by atoms with Crippen molar-refractivity contribution < 1.29 is 36.7 Å². The summed E-state index contributed by atoms with van der Waals surface area (Å²) in [4.78, 5) is 30.1. The molecule has 39 heavy (non-hydrogen) atoms. The highest BCUT2D eigenvalue weighted by Gasteiger charge is 2.42. The molecule has 212 valence electrons. The molecule has 2 aliphatic heterocycles. The first-order valence-corrected chi connectivity index (χ1v) is 13.9. The molecule has 1 atom stereocenters. The van der Waals surface area contributed by atoms with Crippen LogP contribution in [-0.2, 0) is 19.6 Å². The van der Waals surface area contributed by atoms with Crippen molar-refractivity contribution in [3.63, 3.8) is 0 Å². The number of nitrogens with zero attached hydrogens (tertiary/aromatic N) is 4. The van der Waals surface area contributed by atoms with Gasteiger partial charge in [-0.05, 0) is 43.4 Å². The zero-order valence-corrected chi connectivity index (χ0v) is 22.6. The van der Waals surface area contributed by atoms with Crippen LogP contribution < -0.4 is 10.2 Å². The largest absolute Gasteiger partial charge is 0.451 e. The molecule has 0 spiro atoms. The minimum atomic E-state index is -4.63. The predicted octanol–water partition coefficient (Wildman–Crippen LogP) is 1.36. The van der Waals surface area contributed by atoms with Crippen LogP contribution in [0, 0.1) is 11.6 Å². The Morgan fingerprint density at radius 2 is 1.67 bits per heavy atom. The molecule has 0 aliphatic carbocycles. The summed E-state index contributed by atoms with van der Waals surface area (Å²) >= 11 is 5.80. The maximum atomic E-state index is 14.9. The molecule has 4 rings (SSSR count). The lowest BCUT2D eigenvalue weighted by atomic mass is 10.2. The number of halogens is 3. The van der Waals surface area contributed by atoms with E-state index in [9.17, 15) is 32.0 Å². The van der Waals surface area contributed by atoms with Gasteiger partial charge in [0.25, 0.3) is 5.91 Å². The first-order chi connectivity index (χ1) is 18.5. The number of piperazine rings is 2. The Bertz CT molecular complexity index is 1300. The number of carbonyl (C=O) groups excluding carboxylic acids is 2. The van der Waals surface area contributed by atoms with Crippen LogP contribution in [0.2, 0.25) is 5.02 Å². The Balaban J connectivity index is 1.52. The van der Waals surface area contributed by atoms with Crippen molar-refractivity contribution in [1.29, 1.82) is 0 Å². The second kappa shape index (κ2) is 12.1. The van der Waals surface area contributed by atoms with Crippen LogP contribution in [0.1, 0.15) is 0 Å². The Labute approximate surface area is 229 Å². The summed E-state index contributed by atoms with van der Waals surface area (Å²) in [5.74, 6) is -4.70. The molecular formula is C24H28ClF2N5O6S. The highest BCUT2D eigenvalue weighted by atomic mass is 35.5. The second-order valence-electron chi connectivity index (χ2n) is 9.30. The zero-order chi connectivity index (χ0) is 28.3. The van der Waals surface area contributed by atoms with Gasteiger partial charge >= 0.3 is 0 Å². The average Bonchev–Trinajstić information content (AvgIpc) is 2.92. The van der Waals surface area contributed by atoms with Crippen LogP contribution in [0.25, 0.3) is 0 Å². The minimum absolute atomic E-state index is 0.0518. The smallest absolute Gasteiger partial charge is 0.263 e. The van der Waals surface area contributed by atoms with Gasteiger partial charge in [0, 0.05) is 50.8 Å². The second-order valence-corrected chi connectivity index (χ2v) is 11.6. The number of hydrogen-bond acceptors (Lipinski definition) is 8. The molecular weight excluding hydrogens is 560 g/mol. The number of hydrogen-bond donors (Lipinski definition) is 2. The van der Waals surface area contributed by atoms with Crippen LogP contribution in [0.15, 0.2) is 41.3 Å². The summed E-state index contributed by atoms with van der Waals surface area (Å²) in [7, 11) is -2.65. The van der Waals surface area contributed by atoms with Crippen LogP contribution in [0.4, 0.5) is 8.78 Å². The first-order valence-electron chi connectivity index (χ1n) is 12.1. The van der Waals surface area contributed by atoms with E-state index in [0.717, 1.165) is 13.1 Å². The van der Waals surface area contributed by atoms with Crippen molar-refractivity contribution in [2.45, 2.75) is 10.9 Å². The Morgan fingerprint density at radius 3 is 2.26 bits per heavy atom. The van der Waals surface area contributed by atoms with Crippen molar-refractivity contribution >= 4 is 33.4 Å². The lowest BCUT2D eigenvalue weighted by molar-refractivity contribution is -0.140. The lowest BCUT2D eigenvalue weighted by Crippen LogP contribution is -2.62. The number of ether oxygens (including phenoxy) is 1. The van der Waals surface area contributed by atoms with E-state index in [1.165, 1.54) is 34.6 Å². The van der Waals surface area contributed by atoms with E-state index in [2.05, 4.69) is 4.90 Å². The van der Waals surface area contributed by atoms with Crippen LogP contribution in [0.3, 0.4) is 0 Å². The SMILES string of the molecule is CN1CCN(CC(=O)N2CCN(S(=O)(=O)c3cc(F)c(Oc4ccc(Cl)cc4)c(F)c3)[C@@H](C(=O)NO)C2)CC1. The molecule has 11 nitrogen and oxygen atoms in total. The fourth-order valence-corrected chi connectivity index (χ4v) is 6.13. The third-order valence-corrected chi connectivity index (χ3v) is 8.80. The fourth-order valence-electron chi connectivity index (χ4n) is 4.40. The zero-order valence-electron chi connectivity index (χ0n) is 21.0. The normalized spacial score (nSPS) is 19.6. The van der Waals surface area contributed by atoms with E-state index >= 15 is 0 Å². The van der Waals surface area contributed by atoms with Crippen molar-refractivity contribution in [1.82, 2.24) is 24.5 Å². The fraction of sp³-hybridized carbons (Fsp3) is 0.417. The lowest BCUT2D eigenvalue weighted by Gasteiger charge is -2.40. The molecule has 2 heterocycles.